The molecule has 0 unspecified atom stereocenters. The van der Waals surface area contributed by atoms with Crippen LogP contribution in [-0.2, 0) is 12.6 Å². The smallest absolute Gasteiger partial charge is 0.416 e. The van der Waals surface area contributed by atoms with Crippen molar-refractivity contribution in [1.82, 2.24) is 0 Å². The van der Waals surface area contributed by atoms with Gasteiger partial charge in [-0.3, -0.25) is 0 Å². The van der Waals surface area contributed by atoms with Gasteiger partial charge in [0.1, 0.15) is 6.04 Å². The van der Waals surface area contributed by atoms with Crippen molar-refractivity contribution < 1.29 is 28.0 Å². The summed E-state index contributed by atoms with van der Waals surface area (Å²) < 4.78 is 51.8. The molecule has 2 aromatic carbocycles. The maximum Gasteiger partial charge on any atom is 0.416 e. The lowest BCUT2D eigenvalue weighted by Crippen LogP contribution is -2.87. The number of alkyl halides is 3. The van der Waals surface area contributed by atoms with Gasteiger partial charge >= 0.3 is 6.18 Å². The molecule has 0 amide bonds. The first kappa shape index (κ1) is 18.6. The summed E-state index contributed by atoms with van der Waals surface area (Å²) in [4.78, 5) is 0. The Morgan fingerprint density at radius 1 is 1.00 bits per heavy atom. The Hall–Kier alpha value is -2.21. The van der Waals surface area contributed by atoms with E-state index in [2.05, 4.69) is 0 Å². The van der Waals surface area contributed by atoms with Crippen LogP contribution in [0.3, 0.4) is 0 Å². The molecular formula is C20H23F3NO2+. The standard InChI is InChI=1S/C20H22F3NO2/c1-3-25-17-11-13-9-10-24-19(15(13)12-18(17)26-4-2)14-7-5-6-8-16(14)20(21,22)23/h5-8,11-12,19,24H,3-4,9-10H2,1-2H3/p+1/t19-/m1/s1. The Morgan fingerprint density at radius 2 is 1.65 bits per heavy atom. The van der Waals surface area contributed by atoms with Crippen molar-refractivity contribution >= 4 is 0 Å². The molecule has 2 aromatic rings. The van der Waals surface area contributed by atoms with Crippen LogP contribution < -0.4 is 14.8 Å². The average molecular weight is 366 g/mol. The molecule has 0 aliphatic carbocycles. The lowest BCUT2D eigenvalue weighted by atomic mass is 9.87. The molecule has 0 saturated carbocycles. The van der Waals surface area contributed by atoms with Crippen LogP contribution in [0.4, 0.5) is 13.2 Å². The molecule has 26 heavy (non-hydrogen) atoms. The van der Waals surface area contributed by atoms with Crippen molar-refractivity contribution in [3.63, 3.8) is 0 Å². The first-order valence-corrected chi connectivity index (χ1v) is 8.87. The number of hydrogen-bond donors (Lipinski definition) is 1. The number of hydrogen-bond acceptors (Lipinski definition) is 2. The Labute approximate surface area is 151 Å². The summed E-state index contributed by atoms with van der Waals surface area (Å²) in [6.07, 6.45) is -3.59. The number of fused-ring (bicyclic) bond motifs is 1. The highest BCUT2D eigenvalue weighted by molar-refractivity contribution is 5.51. The highest BCUT2D eigenvalue weighted by atomic mass is 19.4. The van der Waals surface area contributed by atoms with Crippen molar-refractivity contribution in [2.75, 3.05) is 19.8 Å². The summed E-state index contributed by atoms with van der Waals surface area (Å²) in [5.74, 6) is 1.23. The third-order valence-electron chi connectivity index (χ3n) is 4.56. The van der Waals surface area contributed by atoms with Crippen LogP contribution in [-0.4, -0.2) is 19.8 Å². The van der Waals surface area contributed by atoms with Gasteiger partial charge in [0.05, 0.1) is 25.3 Å². The van der Waals surface area contributed by atoms with Gasteiger partial charge in [0.2, 0.25) is 0 Å². The van der Waals surface area contributed by atoms with Crippen molar-refractivity contribution in [2.24, 2.45) is 0 Å². The zero-order chi connectivity index (χ0) is 18.7. The number of benzene rings is 2. The number of rotatable bonds is 5. The predicted octanol–water partition coefficient (Wildman–Crippen LogP) is 3.71. The maximum atomic E-state index is 13.5. The number of quaternary nitrogens is 1. The van der Waals surface area contributed by atoms with Gasteiger partial charge in [0.25, 0.3) is 0 Å². The van der Waals surface area contributed by atoms with Crippen LogP contribution >= 0.6 is 0 Å². The van der Waals surface area contributed by atoms with E-state index in [9.17, 15) is 13.2 Å². The predicted molar refractivity (Wildman–Crippen MR) is 92.6 cm³/mol. The summed E-state index contributed by atoms with van der Waals surface area (Å²) in [6, 6.07) is 9.15. The van der Waals surface area contributed by atoms with E-state index in [4.69, 9.17) is 9.47 Å². The monoisotopic (exact) mass is 366 g/mol. The molecule has 0 radical (unpaired) electrons. The Balaban J connectivity index is 2.11. The lowest BCUT2D eigenvalue weighted by molar-refractivity contribution is -0.690. The van der Waals surface area contributed by atoms with Gasteiger partial charge in [-0.05, 0) is 37.6 Å². The van der Waals surface area contributed by atoms with Crippen molar-refractivity contribution in [3.8, 4) is 11.5 Å². The minimum absolute atomic E-state index is 0.285. The fraction of sp³-hybridized carbons (Fsp3) is 0.400. The topological polar surface area (TPSA) is 35.1 Å². The van der Waals surface area contributed by atoms with Crippen molar-refractivity contribution in [3.05, 3.63) is 58.7 Å². The highest BCUT2D eigenvalue weighted by Gasteiger charge is 2.38. The van der Waals surface area contributed by atoms with E-state index in [1.807, 2.05) is 31.3 Å². The molecule has 0 saturated heterocycles. The van der Waals surface area contributed by atoms with Gasteiger partial charge in [0.15, 0.2) is 11.5 Å². The Bertz CT molecular complexity index is 774. The second kappa shape index (κ2) is 7.58. The Morgan fingerprint density at radius 3 is 2.31 bits per heavy atom. The summed E-state index contributed by atoms with van der Waals surface area (Å²) in [6.45, 7) is 5.46. The van der Waals surface area contributed by atoms with Crippen LogP contribution in [0.5, 0.6) is 11.5 Å². The number of nitrogens with two attached hydrogens (primary N) is 1. The van der Waals surface area contributed by atoms with E-state index < -0.39 is 17.8 Å². The second-order valence-electron chi connectivity index (χ2n) is 6.20. The van der Waals surface area contributed by atoms with Gasteiger partial charge in [-0.2, -0.15) is 13.2 Å². The van der Waals surface area contributed by atoms with Gasteiger partial charge in [-0.1, -0.05) is 18.2 Å². The first-order chi connectivity index (χ1) is 12.5. The first-order valence-electron chi connectivity index (χ1n) is 8.87. The summed E-state index contributed by atoms with van der Waals surface area (Å²) in [5.41, 5.74) is 1.58. The molecule has 6 heteroatoms. The zero-order valence-electron chi connectivity index (χ0n) is 14.9. The fourth-order valence-electron chi connectivity index (χ4n) is 3.51. The molecule has 1 atom stereocenters. The third-order valence-corrected chi connectivity index (χ3v) is 4.56. The van der Waals surface area contributed by atoms with Gasteiger partial charge in [0, 0.05) is 17.5 Å². The fourth-order valence-corrected chi connectivity index (χ4v) is 3.51. The molecule has 0 aromatic heterocycles. The molecule has 2 N–H and O–H groups in total. The molecule has 0 bridgehead atoms. The molecule has 0 spiro atoms. The van der Waals surface area contributed by atoms with E-state index in [0.717, 1.165) is 30.2 Å². The van der Waals surface area contributed by atoms with E-state index >= 15 is 0 Å². The molecule has 1 aliphatic rings. The highest BCUT2D eigenvalue weighted by Crippen LogP contribution is 2.39. The molecule has 1 heterocycles. The molecule has 140 valence electrons. The quantitative estimate of drug-likeness (QED) is 0.876. The normalized spacial score (nSPS) is 16.9. The van der Waals surface area contributed by atoms with Crippen LogP contribution in [0.1, 0.15) is 42.1 Å². The number of halogens is 3. The van der Waals surface area contributed by atoms with Crippen LogP contribution in [0, 0.1) is 0 Å². The Kier molecular flexibility index (Phi) is 5.41. The van der Waals surface area contributed by atoms with Crippen LogP contribution in [0.25, 0.3) is 0 Å². The average Bonchev–Trinajstić information content (AvgIpc) is 2.61. The summed E-state index contributed by atoms with van der Waals surface area (Å²) in [5, 5.41) is 1.96. The molecule has 3 nitrogen and oxygen atoms in total. The lowest BCUT2D eigenvalue weighted by Gasteiger charge is -2.27. The largest absolute Gasteiger partial charge is 0.490 e. The SMILES string of the molecule is CCOc1cc2c(cc1OCC)[C@@H](c1ccccc1C(F)(F)F)[NH2+]CC2. The van der Waals surface area contributed by atoms with Gasteiger partial charge in [-0.25, -0.2) is 0 Å². The minimum atomic E-state index is -4.38. The van der Waals surface area contributed by atoms with E-state index in [0.29, 0.717) is 24.7 Å². The van der Waals surface area contributed by atoms with Gasteiger partial charge < -0.3 is 14.8 Å². The molecular weight excluding hydrogens is 343 g/mol. The van der Waals surface area contributed by atoms with Crippen molar-refractivity contribution in [1.29, 1.82) is 0 Å². The molecule has 1 aliphatic heterocycles. The third kappa shape index (κ3) is 3.65. The second-order valence-corrected chi connectivity index (χ2v) is 6.20. The van der Waals surface area contributed by atoms with E-state index in [1.54, 1.807) is 12.1 Å². The van der Waals surface area contributed by atoms with Crippen LogP contribution in [0.2, 0.25) is 0 Å². The molecule has 3 rings (SSSR count). The number of ether oxygens (including phenoxy) is 2. The zero-order valence-corrected chi connectivity index (χ0v) is 14.9. The van der Waals surface area contributed by atoms with Crippen molar-refractivity contribution in [2.45, 2.75) is 32.5 Å². The van der Waals surface area contributed by atoms with Gasteiger partial charge in [-0.15, -0.1) is 0 Å². The van der Waals surface area contributed by atoms with Crippen LogP contribution in [0.15, 0.2) is 36.4 Å². The maximum absolute atomic E-state index is 13.5. The molecule has 0 fully saturated rings. The minimum Gasteiger partial charge on any atom is -0.490 e. The van der Waals surface area contributed by atoms with E-state index in [-0.39, 0.29) is 5.56 Å². The summed E-state index contributed by atoms with van der Waals surface area (Å²) in [7, 11) is 0. The van der Waals surface area contributed by atoms with E-state index in [1.165, 1.54) is 6.07 Å². The summed E-state index contributed by atoms with van der Waals surface area (Å²) >= 11 is 0.